The van der Waals surface area contributed by atoms with Crippen molar-refractivity contribution in [3.63, 3.8) is 0 Å². The third kappa shape index (κ3) is 4.10. The quantitative estimate of drug-likeness (QED) is 0.365. The smallest absolute Gasteiger partial charge is 0.0586 e. The topological polar surface area (TPSA) is 33.6 Å². The molecule has 1 aromatic carbocycles. The Bertz CT molecular complexity index is 906. The fraction of sp³-hybridized carbons (Fsp3) is 0.350. The third-order valence-corrected chi connectivity index (χ3v) is 5.86. The molecule has 26 heavy (non-hydrogen) atoms. The summed E-state index contributed by atoms with van der Waals surface area (Å²) >= 11 is 13.8. The molecule has 0 aliphatic heterocycles. The number of nitrogens with one attached hydrogen (secondary N) is 1. The van der Waals surface area contributed by atoms with Gasteiger partial charge in [-0.2, -0.15) is 5.10 Å². The Hall–Kier alpha value is -1.04. The van der Waals surface area contributed by atoms with Crippen molar-refractivity contribution in [2.45, 2.75) is 43.4 Å². The molecule has 1 N–H and O–H groups in total. The van der Waals surface area contributed by atoms with Gasteiger partial charge in [-0.05, 0) is 38.8 Å². The van der Waals surface area contributed by atoms with Gasteiger partial charge in [0.2, 0.25) is 0 Å². The molecule has 0 unspecified atom stereocenters. The van der Waals surface area contributed by atoms with Crippen LogP contribution in [0.15, 0.2) is 36.7 Å². The fourth-order valence-corrected chi connectivity index (χ4v) is 4.04. The van der Waals surface area contributed by atoms with Crippen molar-refractivity contribution < 1.29 is 0 Å². The highest BCUT2D eigenvalue weighted by molar-refractivity contribution is 9.10. The first-order valence-corrected chi connectivity index (χ1v) is 10.8. The van der Waals surface area contributed by atoms with E-state index in [1.165, 1.54) is 5.56 Å². The predicted molar refractivity (Wildman–Crippen MR) is 117 cm³/mol. The van der Waals surface area contributed by atoms with Crippen LogP contribution in [0, 0.1) is 6.92 Å². The fourth-order valence-electron chi connectivity index (χ4n) is 3.04. The predicted octanol–water partition coefficient (Wildman–Crippen LogP) is 6.97. The molecule has 0 saturated heterocycles. The van der Waals surface area contributed by atoms with Gasteiger partial charge in [0.1, 0.15) is 0 Å². The molecule has 138 valence electrons. The van der Waals surface area contributed by atoms with Gasteiger partial charge in [-0.25, -0.2) is 0 Å². The van der Waals surface area contributed by atoms with E-state index in [-0.39, 0.29) is 4.32 Å². The number of halogens is 3. The van der Waals surface area contributed by atoms with Crippen LogP contribution in [0.25, 0.3) is 22.4 Å². The minimum atomic E-state index is 0.107. The summed E-state index contributed by atoms with van der Waals surface area (Å²) < 4.78 is 2.18. The van der Waals surface area contributed by atoms with Gasteiger partial charge >= 0.3 is 0 Å². The van der Waals surface area contributed by atoms with Crippen LogP contribution < -0.4 is 0 Å². The number of alkyl halides is 2. The molecular weight excluding hydrogens is 478 g/mol. The molecule has 0 aliphatic carbocycles. The normalized spacial score (nSPS) is 11.9. The molecular formula is C20H22Br2ClN3. The number of benzene rings is 1. The van der Waals surface area contributed by atoms with Gasteiger partial charge in [-0.15, -0.1) is 0 Å². The summed E-state index contributed by atoms with van der Waals surface area (Å²) in [6.45, 7) is 7.36. The van der Waals surface area contributed by atoms with Crippen LogP contribution in [0.3, 0.4) is 0 Å². The van der Waals surface area contributed by atoms with Crippen LogP contribution in [0.1, 0.15) is 31.5 Å². The van der Waals surface area contributed by atoms with Crippen LogP contribution in [0.4, 0.5) is 0 Å². The molecule has 3 rings (SSSR count). The van der Waals surface area contributed by atoms with Gasteiger partial charge in [-0.3, -0.25) is 4.68 Å². The maximum atomic E-state index is 6.41. The summed E-state index contributed by atoms with van der Waals surface area (Å²) in [5, 5.41) is 6.10. The zero-order chi connectivity index (χ0) is 18.9. The van der Waals surface area contributed by atoms with Crippen LogP contribution in [-0.4, -0.2) is 19.1 Å². The zero-order valence-corrected chi connectivity index (χ0v) is 19.0. The van der Waals surface area contributed by atoms with E-state index in [0.717, 1.165) is 51.4 Å². The van der Waals surface area contributed by atoms with Crippen molar-refractivity contribution in [1.29, 1.82) is 0 Å². The highest BCUT2D eigenvalue weighted by Gasteiger charge is 2.19. The molecule has 3 aromatic rings. The van der Waals surface area contributed by atoms with Gasteiger partial charge in [-0.1, -0.05) is 61.7 Å². The van der Waals surface area contributed by atoms with E-state index in [9.17, 15) is 0 Å². The van der Waals surface area contributed by atoms with Crippen molar-refractivity contribution in [2.24, 2.45) is 0 Å². The van der Waals surface area contributed by atoms with Crippen LogP contribution in [-0.2, 0) is 11.9 Å². The Morgan fingerprint density at radius 3 is 2.58 bits per heavy atom. The second-order valence-corrected chi connectivity index (χ2v) is 10.1. The van der Waals surface area contributed by atoms with Crippen molar-refractivity contribution in [3.05, 3.63) is 52.9 Å². The molecule has 0 bridgehead atoms. The van der Waals surface area contributed by atoms with E-state index < -0.39 is 0 Å². The Morgan fingerprint density at radius 2 is 1.92 bits per heavy atom. The lowest BCUT2D eigenvalue weighted by molar-refractivity contribution is 0.514. The first-order chi connectivity index (χ1) is 12.3. The summed E-state index contributed by atoms with van der Waals surface area (Å²) in [5.41, 5.74) is 6.75. The summed E-state index contributed by atoms with van der Waals surface area (Å²) in [6, 6.07) is 7.94. The molecule has 0 radical (unpaired) electrons. The van der Waals surface area contributed by atoms with E-state index in [1.807, 2.05) is 30.6 Å². The van der Waals surface area contributed by atoms with E-state index in [2.05, 4.69) is 73.5 Å². The molecule has 0 spiro atoms. The number of rotatable bonds is 6. The Morgan fingerprint density at radius 1 is 1.19 bits per heavy atom. The largest absolute Gasteiger partial charge is 0.360 e. The van der Waals surface area contributed by atoms with E-state index in [4.69, 9.17) is 11.6 Å². The van der Waals surface area contributed by atoms with Crippen molar-refractivity contribution >= 4 is 43.5 Å². The second-order valence-electron chi connectivity index (χ2n) is 7.00. The van der Waals surface area contributed by atoms with E-state index >= 15 is 0 Å². The molecule has 3 nitrogen and oxygen atoms in total. The average Bonchev–Trinajstić information content (AvgIpc) is 3.15. The van der Waals surface area contributed by atoms with Crippen molar-refractivity contribution in [1.82, 2.24) is 14.8 Å². The first-order valence-electron chi connectivity index (χ1n) is 8.54. The monoisotopic (exact) mass is 497 g/mol. The van der Waals surface area contributed by atoms with E-state index in [1.54, 1.807) is 0 Å². The molecule has 0 amide bonds. The number of nitrogens with zero attached hydrogens (tertiary/aromatic N) is 2. The molecule has 2 heterocycles. The lowest BCUT2D eigenvalue weighted by atomic mass is 10.0. The number of hydrogen-bond acceptors (Lipinski definition) is 1. The van der Waals surface area contributed by atoms with Gasteiger partial charge in [0.05, 0.1) is 11.9 Å². The number of H-pyrrole nitrogens is 1. The van der Waals surface area contributed by atoms with Crippen LogP contribution in [0.2, 0.25) is 5.02 Å². The summed E-state index contributed by atoms with van der Waals surface area (Å²) in [4.78, 5) is 3.44. The lowest BCUT2D eigenvalue weighted by Gasteiger charge is -2.16. The summed E-state index contributed by atoms with van der Waals surface area (Å²) in [7, 11) is 0. The molecule has 0 aliphatic rings. The minimum absolute atomic E-state index is 0.107. The van der Waals surface area contributed by atoms with Gasteiger partial charge in [0.15, 0.2) is 0 Å². The second kappa shape index (κ2) is 7.91. The maximum Gasteiger partial charge on any atom is 0.0586 e. The number of aryl methyl sites for hydroxylation is 1. The number of aromatic amines is 1. The highest BCUT2D eigenvalue weighted by atomic mass is 79.9. The SMILES string of the molecule is Cc1c(-c2[nH]cc(-c3ccccc3Cl)c2CBr)cnn1CCC(C)(C)Br. The average molecular weight is 500 g/mol. The molecule has 0 fully saturated rings. The Kier molecular flexibility index (Phi) is 6.00. The number of hydrogen-bond donors (Lipinski definition) is 1. The maximum absolute atomic E-state index is 6.41. The summed E-state index contributed by atoms with van der Waals surface area (Å²) in [6.07, 6.45) is 4.99. The lowest BCUT2D eigenvalue weighted by Crippen LogP contribution is -2.15. The molecule has 0 saturated carbocycles. The van der Waals surface area contributed by atoms with Crippen LogP contribution in [0.5, 0.6) is 0 Å². The minimum Gasteiger partial charge on any atom is -0.360 e. The standard InChI is InChI=1S/C20H22Br2ClN3/c1-13-16(12-25-26(13)9-8-20(2,3)22)19-15(10-21)17(11-24-19)14-6-4-5-7-18(14)23/h4-7,11-12,24H,8-10H2,1-3H3. The summed E-state index contributed by atoms with van der Waals surface area (Å²) in [5.74, 6) is 0. The van der Waals surface area contributed by atoms with E-state index in [0.29, 0.717) is 0 Å². The molecule has 6 heteroatoms. The van der Waals surface area contributed by atoms with Crippen LogP contribution >= 0.6 is 43.5 Å². The first kappa shape index (κ1) is 19.7. The van der Waals surface area contributed by atoms with Crippen molar-refractivity contribution in [2.75, 3.05) is 0 Å². The van der Waals surface area contributed by atoms with Gasteiger partial charge < -0.3 is 4.98 Å². The molecule has 2 aromatic heterocycles. The third-order valence-electron chi connectivity index (χ3n) is 4.58. The zero-order valence-electron chi connectivity index (χ0n) is 15.1. The van der Waals surface area contributed by atoms with Gasteiger partial charge in [0, 0.05) is 49.8 Å². The highest BCUT2D eigenvalue weighted by Crippen LogP contribution is 2.37. The van der Waals surface area contributed by atoms with Gasteiger partial charge in [0.25, 0.3) is 0 Å². The van der Waals surface area contributed by atoms with Crippen molar-refractivity contribution in [3.8, 4) is 22.4 Å². The Balaban J connectivity index is 1.99. The Labute approximate surface area is 176 Å². The number of aromatic nitrogens is 3. The molecule has 0 atom stereocenters.